The van der Waals surface area contributed by atoms with Crippen molar-refractivity contribution in [1.29, 1.82) is 0 Å². The molecule has 2 aromatic carbocycles. The van der Waals surface area contributed by atoms with Crippen molar-refractivity contribution in [2.45, 2.75) is 13.3 Å². The summed E-state index contributed by atoms with van der Waals surface area (Å²) in [6.07, 6.45) is 0.936. The van der Waals surface area contributed by atoms with Crippen molar-refractivity contribution in [3.05, 3.63) is 59.3 Å². The lowest BCUT2D eigenvalue weighted by atomic mass is 9.84. The Labute approximate surface area is 111 Å². The largest absolute Gasteiger partial charge is 0.358 e. The first-order valence-electron chi connectivity index (χ1n) is 6.59. The fourth-order valence-corrected chi connectivity index (χ4v) is 3.10. The summed E-state index contributed by atoms with van der Waals surface area (Å²) in [5, 5.41) is 1.09. The van der Waals surface area contributed by atoms with E-state index < -0.39 is 0 Å². The van der Waals surface area contributed by atoms with E-state index in [1.807, 2.05) is 42.5 Å². The van der Waals surface area contributed by atoms with Gasteiger partial charge in [-0.1, -0.05) is 43.3 Å². The second-order valence-electron chi connectivity index (χ2n) is 4.93. The highest BCUT2D eigenvalue weighted by molar-refractivity contribution is 6.26. The van der Waals surface area contributed by atoms with E-state index in [2.05, 4.69) is 11.9 Å². The van der Waals surface area contributed by atoms with Crippen LogP contribution < -0.4 is 0 Å². The van der Waals surface area contributed by atoms with Gasteiger partial charge in [-0.15, -0.1) is 0 Å². The number of ketones is 1. The molecule has 1 aromatic heterocycles. The maximum Gasteiger partial charge on any atom is 0.194 e. The van der Waals surface area contributed by atoms with E-state index >= 15 is 0 Å². The number of aromatic amines is 1. The lowest BCUT2D eigenvalue weighted by molar-refractivity contribution is 0.104. The van der Waals surface area contributed by atoms with Crippen LogP contribution in [0.1, 0.15) is 28.5 Å². The average Bonchev–Trinajstić information content (AvgIpc) is 2.84. The third kappa shape index (κ3) is 1.23. The molecule has 92 valence electrons. The summed E-state index contributed by atoms with van der Waals surface area (Å²) in [5.41, 5.74) is 6.19. The molecule has 0 saturated carbocycles. The lowest BCUT2D eigenvalue weighted by Crippen LogP contribution is -2.08. The van der Waals surface area contributed by atoms with Gasteiger partial charge >= 0.3 is 0 Å². The minimum absolute atomic E-state index is 0.135. The lowest BCUT2D eigenvalue weighted by Gasteiger charge is -2.16. The molecule has 19 heavy (non-hydrogen) atoms. The van der Waals surface area contributed by atoms with Gasteiger partial charge in [0.15, 0.2) is 5.78 Å². The van der Waals surface area contributed by atoms with Crippen LogP contribution in [-0.4, -0.2) is 10.8 Å². The molecule has 0 unspecified atom stereocenters. The SMILES string of the molecule is CCc1[nH]c2cccc3c2c1-c1ccccc1C3=O. The van der Waals surface area contributed by atoms with Crippen LogP contribution in [-0.2, 0) is 6.42 Å². The molecular weight excluding hydrogens is 234 g/mol. The highest BCUT2D eigenvalue weighted by Crippen LogP contribution is 2.41. The van der Waals surface area contributed by atoms with Crippen molar-refractivity contribution in [2.24, 2.45) is 0 Å². The molecule has 0 fully saturated rings. The number of aryl methyl sites for hydroxylation is 1. The van der Waals surface area contributed by atoms with Crippen molar-refractivity contribution >= 4 is 16.7 Å². The van der Waals surface area contributed by atoms with Gasteiger partial charge in [0, 0.05) is 33.3 Å². The van der Waals surface area contributed by atoms with Crippen LogP contribution in [0.3, 0.4) is 0 Å². The Morgan fingerprint density at radius 3 is 2.47 bits per heavy atom. The number of carbonyl (C=O) groups is 1. The zero-order chi connectivity index (χ0) is 13.0. The Morgan fingerprint density at radius 2 is 1.68 bits per heavy atom. The molecule has 3 aromatic rings. The van der Waals surface area contributed by atoms with Gasteiger partial charge < -0.3 is 4.98 Å². The summed E-state index contributed by atoms with van der Waals surface area (Å²) in [5.74, 6) is 0.135. The van der Waals surface area contributed by atoms with E-state index in [1.165, 1.54) is 11.3 Å². The number of carbonyl (C=O) groups excluding carboxylic acids is 1. The molecule has 0 amide bonds. The van der Waals surface area contributed by atoms with Gasteiger partial charge in [0.1, 0.15) is 0 Å². The van der Waals surface area contributed by atoms with Crippen LogP contribution in [0.4, 0.5) is 0 Å². The van der Waals surface area contributed by atoms with Crippen molar-refractivity contribution in [2.75, 3.05) is 0 Å². The normalized spacial score (nSPS) is 12.8. The van der Waals surface area contributed by atoms with Crippen LogP contribution in [0.15, 0.2) is 42.5 Å². The first-order chi connectivity index (χ1) is 9.31. The van der Waals surface area contributed by atoms with E-state index in [9.17, 15) is 4.79 Å². The molecule has 1 aliphatic carbocycles. The molecule has 1 N–H and O–H groups in total. The minimum atomic E-state index is 0.135. The fourth-order valence-electron chi connectivity index (χ4n) is 3.10. The number of hydrogen-bond donors (Lipinski definition) is 1. The number of H-pyrrole nitrogens is 1. The number of hydrogen-bond acceptors (Lipinski definition) is 1. The van der Waals surface area contributed by atoms with E-state index in [0.29, 0.717) is 0 Å². The Kier molecular flexibility index (Phi) is 1.99. The number of rotatable bonds is 1. The summed E-state index contributed by atoms with van der Waals surface area (Å²) in [7, 11) is 0. The third-order valence-corrected chi connectivity index (χ3v) is 3.94. The van der Waals surface area contributed by atoms with Crippen LogP contribution >= 0.6 is 0 Å². The second-order valence-corrected chi connectivity index (χ2v) is 4.93. The zero-order valence-corrected chi connectivity index (χ0v) is 10.7. The predicted octanol–water partition coefficient (Wildman–Crippen LogP) is 3.94. The molecule has 2 heteroatoms. The van der Waals surface area contributed by atoms with Crippen LogP contribution in [0, 0.1) is 0 Å². The van der Waals surface area contributed by atoms with E-state index in [0.717, 1.165) is 34.0 Å². The molecule has 4 rings (SSSR count). The number of fused-ring (bicyclic) bond motifs is 2. The summed E-state index contributed by atoms with van der Waals surface area (Å²) in [6, 6.07) is 13.8. The maximum atomic E-state index is 12.6. The van der Waals surface area contributed by atoms with Gasteiger partial charge in [0.25, 0.3) is 0 Å². The summed E-state index contributed by atoms with van der Waals surface area (Å²) >= 11 is 0. The van der Waals surface area contributed by atoms with Crippen molar-refractivity contribution in [1.82, 2.24) is 4.98 Å². The van der Waals surface area contributed by atoms with E-state index in [-0.39, 0.29) is 5.78 Å². The monoisotopic (exact) mass is 247 g/mol. The topological polar surface area (TPSA) is 32.9 Å². The van der Waals surface area contributed by atoms with Crippen LogP contribution in [0.5, 0.6) is 0 Å². The number of aromatic nitrogens is 1. The van der Waals surface area contributed by atoms with Gasteiger partial charge in [-0.3, -0.25) is 4.79 Å². The zero-order valence-electron chi connectivity index (χ0n) is 10.7. The quantitative estimate of drug-likeness (QED) is 0.543. The Morgan fingerprint density at radius 1 is 0.947 bits per heavy atom. The molecule has 2 nitrogen and oxygen atoms in total. The smallest absolute Gasteiger partial charge is 0.194 e. The molecule has 0 saturated heterocycles. The summed E-state index contributed by atoms with van der Waals surface area (Å²) in [4.78, 5) is 16.0. The fraction of sp³-hybridized carbons (Fsp3) is 0.118. The minimum Gasteiger partial charge on any atom is -0.358 e. The number of nitrogens with one attached hydrogen (secondary N) is 1. The Hall–Kier alpha value is -2.35. The molecule has 0 atom stereocenters. The third-order valence-electron chi connectivity index (χ3n) is 3.94. The van der Waals surface area contributed by atoms with Crippen molar-refractivity contribution < 1.29 is 4.79 Å². The van der Waals surface area contributed by atoms with Crippen LogP contribution in [0.2, 0.25) is 0 Å². The highest BCUT2D eigenvalue weighted by Gasteiger charge is 2.27. The molecule has 0 aliphatic heterocycles. The van der Waals surface area contributed by atoms with Crippen LogP contribution in [0.25, 0.3) is 22.0 Å². The van der Waals surface area contributed by atoms with Gasteiger partial charge in [-0.25, -0.2) is 0 Å². The average molecular weight is 247 g/mol. The molecule has 1 aliphatic rings. The molecule has 0 spiro atoms. The molecule has 0 bridgehead atoms. The van der Waals surface area contributed by atoms with Gasteiger partial charge in [0.2, 0.25) is 0 Å². The second kappa shape index (κ2) is 3.58. The number of benzene rings is 2. The first-order valence-corrected chi connectivity index (χ1v) is 6.59. The van der Waals surface area contributed by atoms with Gasteiger partial charge in [-0.2, -0.15) is 0 Å². The standard InChI is InChI=1S/C17H13NO/c1-2-13-15-10-6-3-4-7-11(10)17(19)12-8-5-9-14(18-13)16(12)15/h3-9,18H,2H2,1H3. The van der Waals surface area contributed by atoms with E-state index in [4.69, 9.17) is 0 Å². The molecular formula is C17H13NO. The predicted molar refractivity (Wildman–Crippen MR) is 76.5 cm³/mol. The van der Waals surface area contributed by atoms with E-state index in [1.54, 1.807) is 0 Å². The van der Waals surface area contributed by atoms with Gasteiger partial charge in [0.05, 0.1) is 0 Å². The highest BCUT2D eigenvalue weighted by atomic mass is 16.1. The Balaban J connectivity index is 2.26. The summed E-state index contributed by atoms with van der Waals surface area (Å²) < 4.78 is 0. The van der Waals surface area contributed by atoms with Crippen molar-refractivity contribution in [3.63, 3.8) is 0 Å². The van der Waals surface area contributed by atoms with Gasteiger partial charge in [-0.05, 0) is 18.1 Å². The molecule has 0 radical (unpaired) electrons. The molecule has 1 heterocycles. The summed E-state index contributed by atoms with van der Waals surface area (Å²) in [6.45, 7) is 2.14. The Bertz CT molecular complexity index is 826. The first kappa shape index (κ1) is 10.6. The maximum absolute atomic E-state index is 12.6. The van der Waals surface area contributed by atoms with Crippen molar-refractivity contribution in [3.8, 4) is 11.1 Å².